The van der Waals surface area contributed by atoms with Crippen molar-refractivity contribution in [1.82, 2.24) is 0 Å². The third-order valence-corrected chi connectivity index (χ3v) is 3.87. The van der Waals surface area contributed by atoms with Crippen molar-refractivity contribution in [2.45, 2.75) is 0 Å². The van der Waals surface area contributed by atoms with E-state index >= 15 is 0 Å². The lowest BCUT2D eigenvalue weighted by molar-refractivity contribution is 0.0698. The van der Waals surface area contributed by atoms with E-state index in [9.17, 15) is 9.90 Å². The summed E-state index contributed by atoms with van der Waals surface area (Å²) in [6.07, 6.45) is 0. The first-order chi connectivity index (χ1) is 11.6. The van der Waals surface area contributed by atoms with Crippen molar-refractivity contribution >= 4 is 34.0 Å². The number of nitrogens with one attached hydrogen (secondary N) is 1. The van der Waals surface area contributed by atoms with E-state index in [1.165, 1.54) is 6.07 Å². The quantitative estimate of drug-likeness (QED) is 0.639. The summed E-state index contributed by atoms with van der Waals surface area (Å²) >= 11 is 5.84. The van der Waals surface area contributed by atoms with Gasteiger partial charge in [-0.15, -0.1) is 0 Å². The minimum Gasteiger partial charge on any atom is -0.491 e. The van der Waals surface area contributed by atoms with Gasteiger partial charge in [0.15, 0.2) is 0 Å². The molecule has 0 atom stereocenters. The zero-order valence-electron chi connectivity index (χ0n) is 12.8. The molecule has 5 heteroatoms. The van der Waals surface area contributed by atoms with Crippen LogP contribution in [0.2, 0.25) is 5.02 Å². The number of fused-ring (bicyclic) bond motifs is 1. The maximum Gasteiger partial charge on any atom is 0.337 e. The van der Waals surface area contributed by atoms with Gasteiger partial charge in [0.1, 0.15) is 12.4 Å². The van der Waals surface area contributed by atoms with Gasteiger partial charge < -0.3 is 15.2 Å². The van der Waals surface area contributed by atoms with Crippen LogP contribution in [0.25, 0.3) is 10.8 Å². The molecule has 0 amide bonds. The van der Waals surface area contributed by atoms with Crippen LogP contribution in [-0.2, 0) is 0 Å². The normalized spacial score (nSPS) is 10.5. The summed E-state index contributed by atoms with van der Waals surface area (Å²) in [5.41, 5.74) is 0.668. The van der Waals surface area contributed by atoms with E-state index in [1.54, 1.807) is 12.1 Å². The number of carbonyl (C=O) groups is 1. The highest BCUT2D eigenvalue weighted by Gasteiger charge is 2.10. The molecular formula is C19H16ClNO3. The first-order valence-corrected chi connectivity index (χ1v) is 7.90. The molecule has 0 aromatic heterocycles. The van der Waals surface area contributed by atoms with Gasteiger partial charge in [0.05, 0.1) is 5.56 Å². The third kappa shape index (κ3) is 3.60. The van der Waals surface area contributed by atoms with Crippen molar-refractivity contribution in [2.75, 3.05) is 18.5 Å². The van der Waals surface area contributed by atoms with Gasteiger partial charge in [-0.1, -0.05) is 48.0 Å². The largest absolute Gasteiger partial charge is 0.491 e. The summed E-state index contributed by atoms with van der Waals surface area (Å²) in [5, 5.41) is 14.9. The molecule has 0 saturated heterocycles. The van der Waals surface area contributed by atoms with Crippen LogP contribution in [0, 0.1) is 0 Å². The number of carboxylic acid groups (broad SMARTS) is 1. The molecule has 122 valence electrons. The Kier molecular flexibility index (Phi) is 4.87. The smallest absolute Gasteiger partial charge is 0.337 e. The van der Waals surface area contributed by atoms with Crippen LogP contribution in [0.5, 0.6) is 5.75 Å². The van der Waals surface area contributed by atoms with Crippen LogP contribution in [0.1, 0.15) is 10.4 Å². The second-order valence-electron chi connectivity index (χ2n) is 5.25. The van der Waals surface area contributed by atoms with Crippen LogP contribution in [0.4, 0.5) is 5.69 Å². The molecule has 3 rings (SSSR count). The fraction of sp³-hybridized carbons (Fsp3) is 0.105. The highest BCUT2D eigenvalue weighted by atomic mass is 35.5. The Labute approximate surface area is 144 Å². The van der Waals surface area contributed by atoms with Crippen LogP contribution >= 0.6 is 11.6 Å². The monoisotopic (exact) mass is 341 g/mol. The van der Waals surface area contributed by atoms with Crippen molar-refractivity contribution < 1.29 is 14.6 Å². The predicted molar refractivity (Wildman–Crippen MR) is 96.3 cm³/mol. The Morgan fingerprint density at radius 1 is 1.08 bits per heavy atom. The number of benzene rings is 3. The topological polar surface area (TPSA) is 58.6 Å². The average Bonchev–Trinajstić information content (AvgIpc) is 2.59. The molecule has 0 heterocycles. The van der Waals surface area contributed by atoms with Crippen LogP contribution < -0.4 is 10.1 Å². The molecule has 4 nitrogen and oxygen atoms in total. The number of rotatable bonds is 6. The van der Waals surface area contributed by atoms with Crippen LogP contribution in [0.15, 0.2) is 60.7 Å². The fourth-order valence-electron chi connectivity index (χ4n) is 2.52. The maximum absolute atomic E-state index is 11.2. The Hall–Kier alpha value is -2.72. The minimum absolute atomic E-state index is 0.146. The molecule has 0 radical (unpaired) electrons. The van der Waals surface area contributed by atoms with Gasteiger partial charge in [-0.05, 0) is 29.7 Å². The Morgan fingerprint density at radius 3 is 2.71 bits per heavy atom. The maximum atomic E-state index is 11.2. The van der Waals surface area contributed by atoms with Gasteiger partial charge in [0, 0.05) is 22.6 Å². The highest BCUT2D eigenvalue weighted by Crippen LogP contribution is 2.25. The summed E-state index contributed by atoms with van der Waals surface area (Å²) in [7, 11) is 0. The molecular weight excluding hydrogens is 326 g/mol. The lowest BCUT2D eigenvalue weighted by Gasteiger charge is -2.12. The zero-order chi connectivity index (χ0) is 16.9. The molecule has 0 aliphatic heterocycles. The highest BCUT2D eigenvalue weighted by molar-refractivity contribution is 6.31. The average molecular weight is 342 g/mol. The SMILES string of the molecule is O=C(O)c1cc(Cl)ccc1NCCOc1cccc2ccccc12. The molecule has 0 unspecified atom stereocenters. The first-order valence-electron chi connectivity index (χ1n) is 7.52. The van der Waals surface area contributed by atoms with Gasteiger partial charge in [-0.3, -0.25) is 0 Å². The van der Waals surface area contributed by atoms with Crippen LogP contribution in [-0.4, -0.2) is 24.2 Å². The number of aromatic carboxylic acids is 1. The summed E-state index contributed by atoms with van der Waals surface area (Å²) in [5.74, 6) is -0.209. The molecule has 0 aliphatic carbocycles. The number of anilines is 1. The zero-order valence-corrected chi connectivity index (χ0v) is 13.6. The van der Waals surface area contributed by atoms with Gasteiger partial charge in [-0.25, -0.2) is 4.79 Å². The molecule has 24 heavy (non-hydrogen) atoms. The molecule has 0 aliphatic rings. The van der Waals surface area contributed by atoms with E-state index < -0.39 is 5.97 Å². The van der Waals surface area contributed by atoms with Crippen molar-refractivity contribution in [3.8, 4) is 5.75 Å². The molecule has 0 fully saturated rings. The van der Waals surface area contributed by atoms with Gasteiger partial charge in [-0.2, -0.15) is 0 Å². The summed E-state index contributed by atoms with van der Waals surface area (Å²) in [6, 6.07) is 18.7. The second kappa shape index (κ2) is 7.23. The lowest BCUT2D eigenvalue weighted by atomic mass is 10.1. The molecule has 2 N–H and O–H groups in total. The summed E-state index contributed by atoms with van der Waals surface area (Å²) in [6.45, 7) is 0.890. The van der Waals surface area contributed by atoms with Crippen molar-refractivity contribution in [1.29, 1.82) is 0 Å². The minimum atomic E-state index is -1.02. The molecule has 0 spiro atoms. The summed E-state index contributed by atoms with van der Waals surface area (Å²) < 4.78 is 5.83. The molecule has 0 saturated carbocycles. The van der Waals surface area contributed by atoms with E-state index in [1.807, 2.05) is 42.5 Å². The molecule has 3 aromatic rings. The van der Waals surface area contributed by atoms with E-state index in [-0.39, 0.29) is 5.56 Å². The van der Waals surface area contributed by atoms with Crippen molar-refractivity contribution in [2.24, 2.45) is 0 Å². The second-order valence-corrected chi connectivity index (χ2v) is 5.68. The van der Waals surface area contributed by atoms with E-state index in [2.05, 4.69) is 5.32 Å². The fourth-order valence-corrected chi connectivity index (χ4v) is 2.69. The Bertz CT molecular complexity index is 874. The molecule has 0 bridgehead atoms. The predicted octanol–water partition coefficient (Wildman–Crippen LogP) is 4.68. The first kappa shape index (κ1) is 16.1. The number of hydrogen-bond donors (Lipinski definition) is 2. The Balaban J connectivity index is 1.64. The van der Waals surface area contributed by atoms with E-state index in [0.717, 1.165) is 16.5 Å². The Morgan fingerprint density at radius 2 is 1.88 bits per heavy atom. The van der Waals surface area contributed by atoms with Gasteiger partial charge >= 0.3 is 5.97 Å². The standard InChI is InChI=1S/C19H16ClNO3/c20-14-8-9-17(16(12-14)19(22)23)21-10-11-24-18-7-3-5-13-4-1-2-6-15(13)18/h1-9,12,21H,10-11H2,(H,22,23). The van der Waals surface area contributed by atoms with Crippen molar-refractivity contribution in [3.63, 3.8) is 0 Å². The van der Waals surface area contributed by atoms with Gasteiger partial charge in [0.2, 0.25) is 0 Å². The number of carboxylic acids is 1. The summed E-state index contributed by atoms with van der Waals surface area (Å²) in [4.78, 5) is 11.2. The third-order valence-electron chi connectivity index (χ3n) is 3.64. The van der Waals surface area contributed by atoms with E-state index in [0.29, 0.717) is 23.9 Å². The van der Waals surface area contributed by atoms with Crippen LogP contribution in [0.3, 0.4) is 0 Å². The van der Waals surface area contributed by atoms with Crippen molar-refractivity contribution in [3.05, 3.63) is 71.2 Å². The van der Waals surface area contributed by atoms with Gasteiger partial charge in [0.25, 0.3) is 0 Å². The lowest BCUT2D eigenvalue weighted by Crippen LogP contribution is -2.14. The molecule has 3 aromatic carbocycles. The number of ether oxygens (including phenoxy) is 1. The number of hydrogen-bond acceptors (Lipinski definition) is 3. The number of halogens is 1. The van der Waals surface area contributed by atoms with E-state index in [4.69, 9.17) is 16.3 Å².